The van der Waals surface area contributed by atoms with Gasteiger partial charge in [0, 0.05) is 38.8 Å². The maximum absolute atomic E-state index is 12.3. The van der Waals surface area contributed by atoms with E-state index in [2.05, 4.69) is 15.5 Å². The van der Waals surface area contributed by atoms with Crippen LogP contribution in [0.2, 0.25) is 0 Å². The Morgan fingerprint density at radius 3 is 2.45 bits per heavy atom. The van der Waals surface area contributed by atoms with E-state index in [-0.39, 0.29) is 17.7 Å². The van der Waals surface area contributed by atoms with E-state index in [1.807, 2.05) is 4.90 Å². The molecule has 6 heteroatoms. The molecule has 3 aliphatic rings. The summed E-state index contributed by atoms with van der Waals surface area (Å²) in [4.78, 5) is 28.1. The highest BCUT2D eigenvalue weighted by atomic mass is 16.2. The molecular formula is C14H24N4O2. The summed E-state index contributed by atoms with van der Waals surface area (Å²) in [5.74, 6) is 0.587. The summed E-state index contributed by atoms with van der Waals surface area (Å²) in [6, 6.07) is 0.431. The Kier molecular flexibility index (Phi) is 4.21. The van der Waals surface area contributed by atoms with Crippen molar-refractivity contribution in [3.8, 4) is 0 Å². The molecule has 0 bridgehead atoms. The van der Waals surface area contributed by atoms with E-state index >= 15 is 0 Å². The molecule has 1 unspecified atom stereocenters. The minimum Gasteiger partial charge on any atom is -0.352 e. The number of carbonyl (C=O) groups excluding carboxylic acids is 2. The van der Waals surface area contributed by atoms with Gasteiger partial charge in [0.15, 0.2) is 0 Å². The van der Waals surface area contributed by atoms with Crippen LogP contribution in [-0.4, -0.2) is 73.5 Å². The molecule has 1 saturated carbocycles. The van der Waals surface area contributed by atoms with Gasteiger partial charge in [-0.2, -0.15) is 0 Å². The van der Waals surface area contributed by atoms with Crippen molar-refractivity contribution in [2.45, 2.75) is 25.3 Å². The number of nitrogens with zero attached hydrogens (tertiary/aromatic N) is 2. The lowest BCUT2D eigenvalue weighted by atomic mass is 10.1. The van der Waals surface area contributed by atoms with Crippen LogP contribution < -0.4 is 10.6 Å². The third-order valence-corrected chi connectivity index (χ3v) is 4.40. The third-order valence-electron chi connectivity index (χ3n) is 4.40. The Bertz CT molecular complexity index is 369. The highest BCUT2D eigenvalue weighted by molar-refractivity contribution is 5.80. The van der Waals surface area contributed by atoms with E-state index in [1.165, 1.54) is 0 Å². The van der Waals surface area contributed by atoms with Crippen molar-refractivity contribution in [3.05, 3.63) is 0 Å². The number of hydrogen-bond donors (Lipinski definition) is 2. The molecule has 0 spiro atoms. The molecule has 0 aromatic heterocycles. The third kappa shape index (κ3) is 3.49. The molecule has 3 rings (SSSR count). The first-order valence-electron chi connectivity index (χ1n) is 7.73. The van der Waals surface area contributed by atoms with Crippen LogP contribution in [0.15, 0.2) is 0 Å². The van der Waals surface area contributed by atoms with Gasteiger partial charge < -0.3 is 15.5 Å². The van der Waals surface area contributed by atoms with Crippen LogP contribution in [0.25, 0.3) is 0 Å². The lowest BCUT2D eigenvalue weighted by molar-refractivity contribution is -0.136. The van der Waals surface area contributed by atoms with Gasteiger partial charge in [0.2, 0.25) is 11.8 Å². The summed E-state index contributed by atoms with van der Waals surface area (Å²) in [6.07, 6.45) is 3.22. The monoisotopic (exact) mass is 280 g/mol. The van der Waals surface area contributed by atoms with Gasteiger partial charge in [-0.25, -0.2) is 0 Å². The molecule has 1 aliphatic carbocycles. The van der Waals surface area contributed by atoms with Gasteiger partial charge in [-0.15, -0.1) is 0 Å². The van der Waals surface area contributed by atoms with Crippen molar-refractivity contribution >= 4 is 11.8 Å². The second-order valence-electron chi connectivity index (χ2n) is 6.13. The zero-order valence-electron chi connectivity index (χ0n) is 11.9. The van der Waals surface area contributed by atoms with Gasteiger partial charge in [0.25, 0.3) is 0 Å². The topological polar surface area (TPSA) is 64.7 Å². The zero-order valence-corrected chi connectivity index (χ0v) is 11.9. The molecule has 2 saturated heterocycles. The fraction of sp³-hybridized carbons (Fsp3) is 0.857. The Morgan fingerprint density at radius 1 is 1.10 bits per heavy atom. The number of rotatable bonds is 4. The van der Waals surface area contributed by atoms with Gasteiger partial charge in [-0.05, 0) is 25.8 Å². The zero-order chi connectivity index (χ0) is 13.9. The fourth-order valence-corrected chi connectivity index (χ4v) is 2.95. The van der Waals surface area contributed by atoms with E-state index in [9.17, 15) is 9.59 Å². The van der Waals surface area contributed by atoms with E-state index in [0.717, 1.165) is 58.5 Å². The quantitative estimate of drug-likeness (QED) is 0.695. The first-order valence-corrected chi connectivity index (χ1v) is 7.73. The number of amides is 2. The van der Waals surface area contributed by atoms with Crippen molar-refractivity contribution in [1.29, 1.82) is 0 Å². The van der Waals surface area contributed by atoms with Gasteiger partial charge in [-0.1, -0.05) is 0 Å². The Morgan fingerprint density at radius 2 is 1.85 bits per heavy atom. The smallest absolute Gasteiger partial charge is 0.234 e. The van der Waals surface area contributed by atoms with E-state index in [0.29, 0.717) is 12.6 Å². The minimum absolute atomic E-state index is 0.132. The highest BCUT2D eigenvalue weighted by Crippen LogP contribution is 2.18. The molecule has 1 atom stereocenters. The van der Waals surface area contributed by atoms with Gasteiger partial charge >= 0.3 is 0 Å². The van der Waals surface area contributed by atoms with Crippen molar-refractivity contribution in [2.24, 2.45) is 5.92 Å². The average Bonchev–Trinajstić information content (AvgIpc) is 3.08. The van der Waals surface area contributed by atoms with E-state index in [4.69, 9.17) is 0 Å². The largest absolute Gasteiger partial charge is 0.352 e. The summed E-state index contributed by atoms with van der Waals surface area (Å²) < 4.78 is 0. The van der Waals surface area contributed by atoms with Gasteiger partial charge in [0.05, 0.1) is 12.5 Å². The van der Waals surface area contributed by atoms with Crippen LogP contribution in [0.3, 0.4) is 0 Å². The summed E-state index contributed by atoms with van der Waals surface area (Å²) in [5.41, 5.74) is 0. The van der Waals surface area contributed by atoms with Crippen LogP contribution >= 0.6 is 0 Å². The molecule has 112 valence electrons. The predicted molar refractivity (Wildman–Crippen MR) is 75.2 cm³/mol. The van der Waals surface area contributed by atoms with Crippen molar-refractivity contribution in [3.63, 3.8) is 0 Å². The SMILES string of the molecule is O=C(CN1CCN(C(=O)C2CCNC2)CC1)NC1CC1. The molecule has 3 fully saturated rings. The van der Waals surface area contributed by atoms with Crippen molar-refractivity contribution in [1.82, 2.24) is 20.4 Å². The summed E-state index contributed by atoms with van der Waals surface area (Å²) >= 11 is 0. The number of hydrogen-bond acceptors (Lipinski definition) is 4. The normalized spacial score (nSPS) is 27.6. The molecule has 2 amide bonds. The van der Waals surface area contributed by atoms with Crippen molar-refractivity contribution in [2.75, 3.05) is 45.8 Å². The molecular weight excluding hydrogens is 256 g/mol. The molecule has 2 N–H and O–H groups in total. The van der Waals surface area contributed by atoms with E-state index < -0.39 is 0 Å². The Hall–Kier alpha value is -1.14. The lowest BCUT2D eigenvalue weighted by Crippen LogP contribution is -2.52. The lowest BCUT2D eigenvalue weighted by Gasteiger charge is -2.35. The van der Waals surface area contributed by atoms with Crippen LogP contribution in [0.5, 0.6) is 0 Å². The molecule has 0 aromatic rings. The second kappa shape index (κ2) is 6.10. The Labute approximate surface area is 119 Å². The molecule has 0 aromatic carbocycles. The molecule has 2 aliphatic heterocycles. The summed E-state index contributed by atoms with van der Waals surface area (Å²) in [6.45, 7) is 5.39. The number of carbonyl (C=O) groups is 2. The maximum Gasteiger partial charge on any atom is 0.234 e. The van der Waals surface area contributed by atoms with Crippen LogP contribution in [0, 0.1) is 5.92 Å². The summed E-state index contributed by atoms with van der Waals surface area (Å²) in [7, 11) is 0. The fourth-order valence-electron chi connectivity index (χ4n) is 2.95. The average molecular weight is 280 g/mol. The maximum atomic E-state index is 12.3. The van der Waals surface area contributed by atoms with Gasteiger partial charge in [0.1, 0.15) is 0 Å². The van der Waals surface area contributed by atoms with Crippen LogP contribution in [-0.2, 0) is 9.59 Å². The number of piperazine rings is 1. The van der Waals surface area contributed by atoms with Crippen molar-refractivity contribution < 1.29 is 9.59 Å². The number of nitrogens with one attached hydrogen (secondary N) is 2. The molecule has 20 heavy (non-hydrogen) atoms. The molecule has 6 nitrogen and oxygen atoms in total. The highest BCUT2D eigenvalue weighted by Gasteiger charge is 2.30. The standard InChI is InChI=1S/C14H24N4O2/c19-13(16-12-1-2-12)10-17-5-7-18(8-6-17)14(20)11-3-4-15-9-11/h11-12,15H,1-10H2,(H,16,19). The van der Waals surface area contributed by atoms with E-state index in [1.54, 1.807) is 0 Å². The second-order valence-corrected chi connectivity index (χ2v) is 6.13. The first kappa shape index (κ1) is 13.8. The van der Waals surface area contributed by atoms with Crippen LogP contribution in [0.4, 0.5) is 0 Å². The first-order chi connectivity index (χ1) is 9.72. The predicted octanol–water partition coefficient (Wildman–Crippen LogP) is -0.981. The van der Waals surface area contributed by atoms with Crippen LogP contribution in [0.1, 0.15) is 19.3 Å². The Balaban J connectivity index is 1.39. The van der Waals surface area contributed by atoms with Gasteiger partial charge in [-0.3, -0.25) is 14.5 Å². The molecule has 2 heterocycles. The summed E-state index contributed by atoms with van der Waals surface area (Å²) in [5, 5.41) is 6.25. The minimum atomic E-state index is 0.132. The molecule has 0 radical (unpaired) electrons.